The predicted octanol–water partition coefficient (Wildman–Crippen LogP) is 3.28. The molecule has 0 aliphatic heterocycles. The minimum Gasteiger partial charge on any atom is -0.271 e. The maximum Gasteiger partial charge on any atom is 0.137 e. The average molecular weight is 287 g/mol. The van der Waals surface area contributed by atoms with Crippen molar-refractivity contribution in [3.05, 3.63) is 34.1 Å². The van der Waals surface area contributed by atoms with Crippen LogP contribution in [0.25, 0.3) is 0 Å². The molecule has 0 amide bonds. The van der Waals surface area contributed by atoms with Gasteiger partial charge in [0.1, 0.15) is 5.82 Å². The highest BCUT2D eigenvalue weighted by atomic mass is 79.9. The number of nitrogens with one attached hydrogen (secondary N) is 1. The zero-order chi connectivity index (χ0) is 11.5. The van der Waals surface area contributed by atoms with Crippen LogP contribution >= 0.6 is 15.9 Å². The summed E-state index contributed by atoms with van der Waals surface area (Å²) in [5.74, 6) is 5.90. The second kappa shape index (κ2) is 5.25. The third-order valence-electron chi connectivity index (χ3n) is 3.35. The molecule has 88 valence electrons. The zero-order valence-corrected chi connectivity index (χ0v) is 10.6. The smallest absolute Gasteiger partial charge is 0.137 e. The molecular formula is C12H16BrFN2. The standard InChI is InChI=1S/C12H16BrFN2/c13-10-6-5-9(7-11(10)14)12(16-15)8-3-1-2-4-8/h5-8,12,16H,1-4,15H2. The van der Waals surface area contributed by atoms with Crippen LogP contribution in [-0.2, 0) is 0 Å². The molecule has 1 aliphatic rings. The van der Waals surface area contributed by atoms with Gasteiger partial charge in [-0.25, -0.2) is 4.39 Å². The summed E-state index contributed by atoms with van der Waals surface area (Å²) in [6.07, 6.45) is 4.85. The Hall–Kier alpha value is -0.450. The molecule has 0 spiro atoms. The van der Waals surface area contributed by atoms with E-state index in [1.54, 1.807) is 12.1 Å². The van der Waals surface area contributed by atoms with Crippen LogP contribution in [0.4, 0.5) is 4.39 Å². The van der Waals surface area contributed by atoms with Gasteiger partial charge in [0, 0.05) is 6.04 Å². The minimum absolute atomic E-state index is 0.0742. The number of hydrogen-bond donors (Lipinski definition) is 2. The molecule has 1 saturated carbocycles. The van der Waals surface area contributed by atoms with Crippen molar-refractivity contribution in [3.8, 4) is 0 Å². The summed E-state index contributed by atoms with van der Waals surface area (Å²) in [6.45, 7) is 0. The van der Waals surface area contributed by atoms with Crippen LogP contribution in [-0.4, -0.2) is 0 Å². The molecular weight excluding hydrogens is 271 g/mol. The van der Waals surface area contributed by atoms with E-state index in [0.29, 0.717) is 10.4 Å². The summed E-state index contributed by atoms with van der Waals surface area (Å²) in [6, 6.07) is 5.30. The maximum absolute atomic E-state index is 13.4. The normalized spacial score (nSPS) is 18.9. The van der Waals surface area contributed by atoms with Crippen molar-refractivity contribution in [3.63, 3.8) is 0 Å². The quantitative estimate of drug-likeness (QED) is 0.661. The molecule has 0 heterocycles. The average Bonchev–Trinajstić information content (AvgIpc) is 2.78. The molecule has 1 fully saturated rings. The Morgan fingerprint density at radius 2 is 2.06 bits per heavy atom. The van der Waals surface area contributed by atoms with Gasteiger partial charge in [-0.15, -0.1) is 0 Å². The van der Waals surface area contributed by atoms with Crippen molar-refractivity contribution >= 4 is 15.9 Å². The van der Waals surface area contributed by atoms with E-state index >= 15 is 0 Å². The Morgan fingerprint density at radius 1 is 1.38 bits per heavy atom. The number of hydrazine groups is 1. The van der Waals surface area contributed by atoms with E-state index in [2.05, 4.69) is 21.4 Å². The van der Waals surface area contributed by atoms with Crippen molar-refractivity contribution < 1.29 is 4.39 Å². The van der Waals surface area contributed by atoms with Crippen molar-refractivity contribution in [1.82, 2.24) is 5.43 Å². The Labute approximate surface area is 104 Å². The third-order valence-corrected chi connectivity index (χ3v) is 4.00. The molecule has 1 aliphatic carbocycles. The molecule has 1 atom stereocenters. The Kier molecular flexibility index (Phi) is 3.95. The van der Waals surface area contributed by atoms with Gasteiger partial charge in [-0.1, -0.05) is 18.9 Å². The van der Waals surface area contributed by atoms with Gasteiger partial charge in [-0.3, -0.25) is 11.3 Å². The Balaban J connectivity index is 2.22. The van der Waals surface area contributed by atoms with Crippen LogP contribution in [0.5, 0.6) is 0 Å². The fraction of sp³-hybridized carbons (Fsp3) is 0.500. The Bertz CT molecular complexity index is 364. The van der Waals surface area contributed by atoms with E-state index in [1.807, 2.05) is 6.07 Å². The van der Waals surface area contributed by atoms with Gasteiger partial charge in [0.15, 0.2) is 0 Å². The number of nitrogens with two attached hydrogens (primary N) is 1. The van der Waals surface area contributed by atoms with Gasteiger partial charge in [0.05, 0.1) is 4.47 Å². The van der Waals surface area contributed by atoms with Gasteiger partial charge in [0.25, 0.3) is 0 Å². The van der Waals surface area contributed by atoms with Crippen LogP contribution in [0.2, 0.25) is 0 Å². The first kappa shape index (κ1) is 12.0. The van der Waals surface area contributed by atoms with Crippen LogP contribution in [0.1, 0.15) is 37.3 Å². The molecule has 4 heteroatoms. The largest absolute Gasteiger partial charge is 0.271 e. The van der Waals surface area contributed by atoms with Crippen LogP contribution in [0.15, 0.2) is 22.7 Å². The lowest BCUT2D eigenvalue weighted by atomic mass is 9.92. The second-order valence-corrected chi connectivity index (χ2v) is 5.22. The lowest BCUT2D eigenvalue weighted by Crippen LogP contribution is -2.32. The molecule has 2 nitrogen and oxygen atoms in total. The molecule has 1 unspecified atom stereocenters. The van der Waals surface area contributed by atoms with Gasteiger partial charge in [0.2, 0.25) is 0 Å². The van der Waals surface area contributed by atoms with E-state index in [9.17, 15) is 4.39 Å². The highest BCUT2D eigenvalue weighted by Crippen LogP contribution is 2.35. The first-order valence-electron chi connectivity index (χ1n) is 5.63. The van der Waals surface area contributed by atoms with Crippen LogP contribution in [0.3, 0.4) is 0 Å². The SMILES string of the molecule is NNC(c1ccc(Br)c(F)c1)C1CCCC1. The van der Waals surface area contributed by atoms with Crippen LogP contribution in [0, 0.1) is 11.7 Å². The molecule has 1 aromatic carbocycles. The molecule has 0 radical (unpaired) electrons. The summed E-state index contributed by atoms with van der Waals surface area (Å²) >= 11 is 3.16. The Morgan fingerprint density at radius 3 is 2.62 bits per heavy atom. The fourth-order valence-electron chi connectivity index (χ4n) is 2.50. The molecule has 2 rings (SSSR count). The summed E-state index contributed by atoms with van der Waals surface area (Å²) in [5, 5.41) is 0. The van der Waals surface area contributed by atoms with Crippen molar-refractivity contribution in [2.24, 2.45) is 11.8 Å². The molecule has 16 heavy (non-hydrogen) atoms. The minimum atomic E-state index is -0.226. The summed E-state index contributed by atoms with van der Waals surface area (Å²) < 4.78 is 13.9. The molecule has 0 aromatic heterocycles. The summed E-state index contributed by atoms with van der Waals surface area (Å²) in [7, 11) is 0. The summed E-state index contributed by atoms with van der Waals surface area (Å²) in [5.41, 5.74) is 3.76. The first-order valence-corrected chi connectivity index (χ1v) is 6.42. The van der Waals surface area contributed by atoms with Gasteiger partial charge in [-0.2, -0.15) is 0 Å². The van der Waals surface area contributed by atoms with Crippen molar-refractivity contribution in [1.29, 1.82) is 0 Å². The molecule has 0 bridgehead atoms. The zero-order valence-electron chi connectivity index (χ0n) is 9.05. The fourth-order valence-corrected chi connectivity index (χ4v) is 2.75. The molecule has 3 N–H and O–H groups in total. The topological polar surface area (TPSA) is 38.0 Å². The van der Waals surface area contributed by atoms with E-state index < -0.39 is 0 Å². The number of benzene rings is 1. The van der Waals surface area contributed by atoms with Crippen molar-refractivity contribution in [2.75, 3.05) is 0 Å². The predicted molar refractivity (Wildman–Crippen MR) is 66.1 cm³/mol. The highest BCUT2D eigenvalue weighted by molar-refractivity contribution is 9.10. The number of rotatable bonds is 3. The van der Waals surface area contributed by atoms with E-state index in [0.717, 1.165) is 5.56 Å². The highest BCUT2D eigenvalue weighted by Gasteiger charge is 2.25. The van der Waals surface area contributed by atoms with Gasteiger partial charge in [-0.05, 0) is 52.4 Å². The number of hydrogen-bond acceptors (Lipinski definition) is 2. The first-order chi connectivity index (χ1) is 7.72. The second-order valence-electron chi connectivity index (χ2n) is 4.36. The monoisotopic (exact) mass is 286 g/mol. The van der Waals surface area contributed by atoms with Gasteiger partial charge < -0.3 is 0 Å². The molecule has 1 aromatic rings. The van der Waals surface area contributed by atoms with Crippen LogP contribution < -0.4 is 11.3 Å². The van der Waals surface area contributed by atoms with E-state index in [4.69, 9.17) is 5.84 Å². The van der Waals surface area contributed by atoms with Crippen molar-refractivity contribution in [2.45, 2.75) is 31.7 Å². The third kappa shape index (κ3) is 2.44. The summed E-state index contributed by atoms with van der Waals surface area (Å²) in [4.78, 5) is 0. The van der Waals surface area contributed by atoms with E-state index in [-0.39, 0.29) is 11.9 Å². The van der Waals surface area contributed by atoms with E-state index in [1.165, 1.54) is 25.7 Å². The lowest BCUT2D eigenvalue weighted by Gasteiger charge is -2.23. The maximum atomic E-state index is 13.4. The lowest BCUT2D eigenvalue weighted by molar-refractivity contribution is 0.372. The number of halogens is 2. The molecule has 0 saturated heterocycles. The van der Waals surface area contributed by atoms with Gasteiger partial charge >= 0.3 is 0 Å².